The zero-order valence-corrected chi connectivity index (χ0v) is 12.0. The lowest BCUT2D eigenvalue weighted by atomic mass is 10.2. The van der Waals surface area contributed by atoms with Crippen molar-refractivity contribution in [3.63, 3.8) is 0 Å². The third kappa shape index (κ3) is 4.17. The molecular formula is C15H18N2O4. The van der Waals surface area contributed by atoms with Crippen LogP contribution in [0.1, 0.15) is 12.7 Å². The van der Waals surface area contributed by atoms with E-state index in [9.17, 15) is 4.79 Å². The SMILES string of the molecule is CCOc1cc(NC(=O)NCc2ccco2)ccc1OC. The van der Waals surface area contributed by atoms with Crippen LogP contribution in [0.25, 0.3) is 0 Å². The lowest BCUT2D eigenvalue weighted by Crippen LogP contribution is -2.27. The first-order valence-corrected chi connectivity index (χ1v) is 6.61. The van der Waals surface area contributed by atoms with Gasteiger partial charge in [0.25, 0.3) is 0 Å². The Bertz CT molecular complexity index is 581. The maximum atomic E-state index is 11.8. The van der Waals surface area contributed by atoms with Gasteiger partial charge in [0.05, 0.1) is 26.5 Å². The van der Waals surface area contributed by atoms with Crippen LogP contribution in [-0.2, 0) is 6.54 Å². The summed E-state index contributed by atoms with van der Waals surface area (Å²) in [6.45, 7) is 2.73. The van der Waals surface area contributed by atoms with E-state index in [0.29, 0.717) is 36.1 Å². The molecule has 6 heteroatoms. The lowest BCUT2D eigenvalue weighted by Gasteiger charge is -2.12. The highest BCUT2D eigenvalue weighted by atomic mass is 16.5. The monoisotopic (exact) mass is 290 g/mol. The van der Waals surface area contributed by atoms with Gasteiger partial charge in [-0.25, -0.2) is 4.79 Å². The van der Waals surface area contributed by atoms with Crippen LogP contribution in [0.15, 0.2) is 41.0 Å². The van der Waals surface area contributed by atoms with Crippen LogP contribution in [0.2, 0.25) is 0 Å². The fourth-order valence-electron chi connectivity index (χ4n) is 1.78. The molecule has 1 heterocycles. The lowest BCUT2D eigenvalue weighted by molar-refractivity contribution is 0.251. The Balaban J connectivity index is 1.95. The van der Waals surface area contributed by atoms with Gasteiger partial charge in [0.15, 0.2) is 11.5 Å². The van der Waals surface area contributed by atoms with Crippen LogP contribution in [0.3, 0.4) is 0 Å². The molecule has 0 aliphatic rings. The number of benzene rings is 1. The van der Waals surface area contributed by atoms with Gasteiger partial charge in [0.1, 0.15) is 5.76 Å². The van der Waals surface area contributed by atoms with Crippen molar-refractivity contribution < 1.29 is 18.7 Å². The highest BCUT2D eigenvalue weighted by molar-refractivity contribution is 5.89. The molecule has 0 radical (unpaired) electrons. The zero-order valence-electron chi connectivity index (χ0n) is 12.0. The molecule has 0 aliphatic carbocycles. The van der Waals surface area contributed by atoms with Crippen LogP contribution in [-0.4, -0.2) is 19.7 Å². The van der Waals surface area contributed by atoms with Crippen molar-refractivity contribution in [2.75, 3.05) is 19.0 Å². The van der Waals surface area contributed by atoms with Crippen molar-refractivity contribution in [3.05, 3.63) is 42.4 Å². The van der Waals surface area contributed by atoms with Crippen molar-refractivity contribution in [2.45, 2.75) is 13.5 Å². The average molecular weight is 290 g/mol. The van der Waals surface area contributed by atoms with Gasteiger partial charge in [0, 0.05) is 11.8 Å². The number of rotatable bonds is 6. The summed E-state index contributed by atoms with van der Waals surface area (Å²) in [5.74, 6) is 1.90. The first kappa shape index (κ1) is 14.8. The Morgan fingerprint density at radius 1 is 1.29 bits per heavy atom. The minimum atomic E-state index is -0.320. The Morgan fingerprint density at radius 2 is 2.14 bits per heavy atom. The summed E-state index contributed by atoms with van der Waals surface area (Å²) in [6.07, 6.45) is 1.56. The second-order valence-electron chi connectivity index (χ2n) is 4.19. The van der Waals surface area contributed by atoms with Crippen molar-refractivity contribution in [3.8, 4) is 11.5 Å². The van der Waals surface area contributed by atoms with Crippen molar-refractivity contribution >= 4 is 11.7 Å². The van der Waals surface area contributed by atoms with E-state index in [-0.39, 0.29) is 6.03 Å². The summed E-state index contributed by atoms with van der Waals surface area (Å²) in [7, 11) is 1.57. The fourth-order valence-corrected chi connectivity index (χ4v) is 1.78. The molecular weight excluding hydrogens is 272 g/mol. The number of carbonyl (C=O) groups is 1. The molecule has 2 amide bonds. The third-order valence-electron chi connectivity index (χ3n) is 2.72. The van der Waals surface area contributed by atoms with Crippen molar-refractivity contribution in [1.29, 1.82) is 0 Å². The number of methoxy groups -OCH3 is 1. The van der Waals surface area contributed by atoms with E-state index >= 15 is 0 Å². The van der Waals surface area contributed by atoms with Gasteiger partial charge in [-0.3, -0.25) is 0 Å². The second kappa shape index (κ2) is 7.23. The van der Waals surface area contributed by atoms with Crippen LogP contribution < -0.4 is 20.1 Å². The number of carbonyl (C=O) groups excluding carboxylic acids is 1. The van der Waals surface area contributed by atoms with Crippen LogP contribution >= 0.6 is 0 Å². The highest BCUT2D eigenvalue weighted by Crippen LogP contribution is 2.30. The highest BCUT2D eigenvalue weighted by Gasteiger charge is 2.08. The molecule has 0 saturated heterocycles. The normalized spacial score (nSPS) is 10.0. The fraction of sp³-hybridized carbons (Fsp3) is 0.267. The Hall–Kier alpha value is -2.63. The Morgan fingerprint density at radius 3 is 2.81 bits per heavy atom. The van der Waals surface area contributed by atoms with E-state index < -0.39 is 0 Å². The number of hydrogen-bond donors (Lipinski definition) is 2. The minimum absolute atomic E-state index is 0.320. The molecule has 6 nitrogen and oxygen atoms in total. The van der Waals surface area contributed by atoms with Crippen LogP contribution in [0.4, 0.5) is 10.5 Å². The molecule has 0 aliphatic heterocycles. The van der Waals surface area contributed by atoms with Gasteiger partial charge >= 0.3 is 6.03 Å². The molecule has 112 valence electrons. The number of furan rings is 1. The minimum Gasteiger partial charge on any atom is -0.493 e. The summed E-state index contributed by atoms with van der Waals surface area (Å²) < 4.78 is 15.8. The molecule has 0 bridgehead atoms. The number of nitrogens with one attached hydrogen (secondary N) is 2. The molecule has 0 saturated carbocycles. The maximum Gasteiger partial charge on any atom is 0.319 e. The Kier molecular flexibility index (Phi) is 5.09. The molecule has 0 unspecified atom stereocenters. The standard InChI is InChI=1S/C15H18N2O4/c1-3-20-14-9-11(6-7-13(14)19-2)17-15(18)16-10-12-5-4-8-21-12/h4-9H,3,10H2,1-2H3,(H2,16,17,18). The molecule has 0 fully saturated rings. The molecule has 2 aromatic rings. The predicted octanol–water partition coefficient (Wildman–Crippen LogP) is 3.01. The molecule has 0 spiro atoms. The number of anilines is 1. The molecule has 21 heavy (non-hydrogen) atoms. The third-order valence-corrected chi connectivity index (χ3v) is 2.72. The van der Waals surface area contributed by atoms with E-state index in [2.05, 4.69) is 10.6 Å². The molecule has 1 aromatic carbocycles. The quantitative estimate of drug-likeness (QED) is 0.857. The van der Waals surface area contributed by atoms with Crippen molar-refractivity contribution in [2.24, 2.45) is 0 Å². The van der Waals surface area contributed by atoms with E-state index in [1.54, 1.807) is 43.7 Å². The van der Waals surface area contributed by atoms with Crippen LogP contribution in [0, 0.1) is 0 Å². The Labute approximate surface area is 123 Å². The van der Waals surface area contributed by atoms with E-state index in [0.717, 1.165) is 0 Å². The first-order chi connectivity index (χ1) is 10.2. The largest absolute Gasteiger partial charge is 0.493 e. The van der Waals surface area contributed by atoms with Gasteiger partial charge < -0.3 is 24.5 Å². The van der Waals surface area contributed by atoms with Crippen LogP contribution in [0.5, 0.6) is 11.5 Å². The second-order valence-corrected chi connectivity index (χ2v) is 4.19. The summed E-state index contributed by atoms with van der Waals surface area (Å²) in [6, 6.07) is 8.45. The topological polar surface area (TPSA) is 72.7 Å². The maximum absolute atomic E-state index is 11.8. The summed E-state index contributed by atoms with van der Waals surface area (Å²) in [5.41, 5.74) is 0.621. The van der Waals surface area contributed by atoms with E-state index in [1.807, 2.05) is 6.92 Å². The molecule has 2 N–H and O–H groups in total. The summed E-state index contributed by atoms with van der Waals surface area (Å²) in [4.78, 5) is 11.8. The molecule has 2 rings (SSSR count). The van der Waals surface area contributed by atoms with Crippen molar-refractivity contribution in [1.82, 2.24) is 5.32 Å². The first-order valence-electron chi connectivity index (χ1n) is 6.61. The number of hydrogen-bond acceptors (Lipinski definition) is 4. The van der Waals surface area contributed by atoms with Gasteiger partial charge in [0.2, 0.25) is 0 Å². The molecule has 1 aromatic heterocycles. The van der Waals surface area contributed by atoms with Gasteiger partial charge in [-0.15, -0.1) is 0 Å². The average Bonchev–Trinajstić information content (AvgIpc) is 2.99. The van der Waals surface area contributed by atoms with E-state index in [4.69, 9.17) is 13.9 Å². The van der Waals surface area contributed by atoms with Gasteiger partial charge in [-0.05, 0) is 31.2 Å². The predicted molar refractivity (Wildman–Crippen MR) is 78.7 cm³/mol. The smallest absolute Gasteiger partial charge is 0.319 e. The number of ether oxygens (including phenoxy) is 2. The van der Waals surface area contributed by atoms with E-state index in [1.165, 1.54) is 0 Å². The number of amides is 2. The molecule has 0 atom stereocenters. The van der Waals surface area contributed by atoms with Gasteiger partial charge in [-0.2, -0.15) is 0 Å². The van der Waals surface area contributed by atoms with Gasteiger partial charge in [-0.1, -0.05) is 0 Å². The zero-order chi connectivity index (χ0) is 15.1. The summed E-state index contributed by atoms with van der Waals surface area (Å²) >= 11 is 0. The summed E-state index contributed by atoms with van der Waals surface area (Å²) in [5, 5.41) is 5.42. The number of urea groups is 1.